The molecule has 0 amide bonds. The van der Waals surface area contributed by atoms with Gasteiger partial charge >= 0.3 is 0 Å². The van der Waals surface area contributed by atoms with Gasteiger partial charge in [0.15, 0.2) is 0 Å². The molecule has 0 saturated heterocycles. The SMILES string of the molecule is COCCN(CCC#N)C1CCC(C)C(C)C1. The van der Waals surface area contributed by atoms with Gasteiger partial charge in [0.05, 0.1) is 12.7 Å². The van der Waals surface area contributed by atoms with Gasteiger partial charge < -0.3 is 4.74 Å². The van der Waals surface area contributed by atoms with E-state index < -0.39 is 0 Å². The molecular weight excluding hydrogens is 212 g/mol. The highest BCUT2D eigenvalue weighted by Gasteiger charge is 2.28. The van der Waals surface area contributed by atoms with Crippen LogP contribution in [-0.2, 0) is 4.74 Å². The zero-order valence-electron chi connectivity index (χ0n) is 11.5. The van der Waals surface area contributed by atoms with Gasteiger partial charge in [-0.2, -0.15) is 5.26 Å². The molecule has 1 rings (SSSR count). The first-order valence-electron chi connectivity index (χ1n) is 6.79. The van der Waals surface area contributed by atoms with E-state index in [1.165, 1.54) is 19.3 Å². The fraction of sp³-hybridized carbons (Fsp3) is 0.929. The number of hydrogen-bond acceptors (Lipinski definition) is 3. The van der Waals surface area contributed by atoms with Gasteiger partial charge in [-0.25, -0.2) is 0 Å². The number of hydrogen-bond donors (Lipinski definition) is 0. The van der Waals surface area contributed by atoms with Gasteiger partial charge in [-0.15, -0.1) is 0 Å². The van der Waals surface area contributed by atoms with Crippen molar-refractivity contribution in [1.82, 2.24) is 4.90 Å². The summed E-state index contributed by atoms with van der Waals surface area (Å²) in [6.07, 6.45) is 4.50. The van der Waals surface area contributed by atoms with Gasteiger partial charge in [-0.1, -0.05) is 13.8 Å². The Balaban J connectivity index is 2.47. The molecule has 1 fully saturated rings. The predicted molar refractivity (Wildman–Crippen MR) is 69.6 cm³/mol. The Hall–Kier alpha value is -0.590. The van der Waals surface area contributed by atoms with Gasteiger partial charge in [0.25, 0.3) is 0 Å². The number of rotatable bonds is 6. The Morgan fingerprint density at radius 1 is 1.24 bits per heavy atom. The maximum absolute atomic E-state index is 8.73. The molecule has 1 saturated carbocycles. The van der Waals surface area contributed by atoms with E-state index in [1.807, 2.05) is 0 Å². The molecule has 0 bridgehead atoms. The largest absolute Gasteiger partial charge is 0.383 e. The van der Waals surface area contributed by atoms with Crippen molar-refractivity contribution < 1.29 is 4.74 Å². The molecule has 0 heterocycles. The molecule has 1 aliphatic rings. The van der Waals surface area contributed by atoms with Crippen LogP contribution in [0.4, 0.5) is 0 Å². The molecule has 3 heteroatoms. The van der Waals surface area contributed by atoms with E-state index in [0.29, 0.717) is 12.5 Å². The van der Waals surface area contributed by atoms with Crippen LogP contribution in [-0.4, -0.2) is 37.7 Å². The summed E-state index contributed by atoms with van der Waals surface area (Å²) in [6, 6.07) is 2.91. The molecule has 3 nitrogen and oxygen atoms in total. The van der Waals surface area contributed by atoms with Gasteiger partial charge in [-0.3, -0.25) is 4.90 Å². The van der Waals surface area contributed by atoms with Gasteiger partial charge in [-0.05, 0) is 31.1 Å². The summed E-state index contributed by atoms with van der Waals surface area (Å²) in [5.74, 6) is 1.66. The van der Waals surface area contributed by atoms with E-state index in [1.54, 1.807) is 7.11 Å². The molecule has 0 aromatic rings. The standard InChI is InChI=1S/C14H26N2O/c1-12-5-6-14(11-13(12)2)16(8-4-7-15)9-10-17-3/h12-14H,4-6,8-11H2,1-3H3. The Kier molecular flexibility index (Phi) is 6.54. The molecule has 0 radical (unpaired) electrons. The Labute approximate surface area is 106 Å². The normalized spacial score (nSPS) is 29.2. The third-order valence-electron chi connectivity index (χ3n) is 4.18. The molecule has 3 unspecified atom stereocenters. The molecule has 3 atom stereocenters. The number of ether oxygens (including phenoxy) is 1. The van der Waals surface area contributed by atoms with Crippen LogP contribution in [0.1, 0.15) is 39.5 Å². The lowest BCUT2D eigenvalue weighted by Gasteiger charge is -2.39. The summed E-state index contributed by atoms with van der Waals surface area (Å²) in [5, 5.41) is 8.73. The second-order valence-electron chi connectivity index (χ2n) is 5.36. The second-order valence-corrected chi connectivity index (χ2v) is 5.36. The molecule has 0 aromatic carbocycles. The minimum atomic E-state index is 0.629. The molecule has 17 heavy (non-hydrogen) atoms. The molecule has 0 spiro atoms. The van der Waals surface area contributed by atoms with E-state index in [9.17, 15) is 0 Å². The summed E-state index contributed by atoms with van der Waals surface area (Å²) in [6.45, 7) is 7.34. The molecular formula is C14H26N2O. The van der Waals surface area contributed by atoms with Crippen molar-refractivity contribution in [3.63, 3.8) is 0 Å². The van der Waals surface area contributed by atoms with Crippen LogP contribution in [0.15, 0.2) is 0 Å². The summed E-state index contributed by atoms with van der Waals surface area (Å²) < 4.78 is 5.17. The van der Waals surface area contributed by atoms with Gasteiger partial charge in [0.1, 0.15) is 0 Å². The van der Waals surface area contributed by atoms with Crippen LogP contribution in [0.3, 0.4) is 0 Å². The average Bonchev–Trinajstić information content (AvgIpc) is 2.33. The lowest BCUT2D eigenvalue weighted by Crippen LogP contribution is -2.42. The zero-order chi connectivity index (χ0) is 12.7. The molecule has 98 valence electrons. The second kappa shape index (κ2) is 7.68. The maximum atomic E-state index is 8.73. The first kappa shape index (κ1) is 14.5. The Morgan fingerprint density at radius 2 is 2.00 bits per heavy atom. The lowest BCUT2D eigenvalue weighted by atomic mass is 9.78. The van der Waals surface area contributed by atoms with E-state index >= 15 is 0 Å². The first-order valence-corrected chi connectivity index (χ1v) is 6.79. The van der Waals surface area contributed by atoms with Crippen molar-refractivity contribution >= 4 is 0 Å². The summed E-state index contributed by atoms with van der Waals surface area (Å²) in [7, 11) is 1.74. The van der Waals surface area contributed by atoms with Crippen molar-refractivity contribution in [1.29, 1.82) is 5.26 Å². The van der Waals surface area contributed by atoms with Crippen molar-refractivity contribution in [3.8, 4) is 6.07 Å². The fourth-order valence-corrected chi connectivity index (χ4v) is 2.73. The third-order valence-corrected chi connectivity index (χ3v) is 4.18. The molecule has 0 aromatic heterocycles. The topological polar surface area (TPSA) is 36.3 Å². The van der Waals surface area contributed by atoms with Crippen molar-refractivity contribution in [3.05, 3.63) is 0 Å². The van der Waals surface area contributed by atoms with Crippen LogP contribution in [0.2, 0.25) is 0 Å². The van der Waals surface area contributed by atoms with Crippen LogP contribution >= 0.6 is 0 Å². The highest BCUT2D eigenvalue weighted by atomic mass is 16.5. The lowest BCUT2D eigenvalue weighted by molar-refractivity contribution is 0.0790. The van der Waals surface area contributed by atoms with Gasteiger partial charge in [0, 0.05) is 32.7 Å². The number of nitriles is 1. The maximum Gasteiger partial charge on any atom is 0.0635 e. The van der Waals surface area contributed by atoms with Crippen LogP contribution in [0.25, 0.3) is 0 Å². The Morgan fingerprint density at radius 3 is 2.59 bits per heavy atom. The third kappa shape index (κ3) is 4.65. The van der Waals surface area contributed by atoms with Crippen LogP contribution in [0.5, 0.6) is 0 Å². The Bertz CT molecular complexity index is 249. The summed E-state index contributed by atoms with van der Waals surface area (Å²) >= 11 is 0. The van der Waals surface area contributed by atoms with Gasteiger partial charge in [0.2, 0.25) is 0 Å². The monoisotopic (exact) mass is 238 g/mol. The minimum Gasteiger partial charge on any atom is -0.383 e. The quantitative estimate of drug-likeness (QED) is 0.714. The van der Waals surface area contributed by atoms with E-state index in [0.717, 1.165) is 31.5 Å². The van der Waals surface area contributed by atoms with E-state index in [2.05, 4.69) is 24.8 Å². The number of nitrogens with zero attached hydrogens (tertiary/aromatic N) is 2. The van der Waals surface area contributed by atoms with E-state index in [4.69, 9.17) is 10.00 Å². The van der Waals surface area contributed by atoms with Crippen LogP contribution in [0, 0.1) is 23.2 Å². The smallest absolute Gasteiger partial charge is 0.0635 e. The summed E-state index contributed by atoms with van der Waals surface area (Å²) in [5.41, 5.74) is 0. The van der Waals surface area contributed by atoms with E-state index in [-0.39, 0.29) is 0 Å². The zero-order valence-corrected chi connectivity index (χ0v) is 11.5. The predicted octanol–water partition coefficient (Wildman–Crippen LogP) is 2.67. The molecule has 0 N–H and O–H groups in total. The minimum absolute atomic E-state index is 0.629. The fourth-order valence-electron chi connectivity index (χ4n) is 2.73. The van der Waals surface area contributed by atoms with Crippen molar-refractivity contribution in [2.45, 2.75) is 45.6 Å². The van der Waals surface area contributed by atoms with Crippen molar-refractivity contribution in [2.24, 2.45) is 11.8 Å². The highest BCUT2D eigenvalue weighted by Crippen LogP contribution is 2.32. The molecule has 1 aliphatic carbocycles. The number of methoxy groups -OCH3 is 1. The highest BCUT2D eigenvalue weighted by molar-refractivity contribution is 4.83. The molecule has 0 aliphatic heterocycles. The average molecular weight is 238 g/mol. The van der Waals surface area contributed by atoms with Crippen LogP contribution < -0.4 is 0 Å². The summed E-state index contributed by atoms with van der Waals surface area (Å²) in [4.78, 5) is 2.45. The van der Waals surface area contributed by atoms with Crippen molar-refractivity contribution in [2.75, 3.05) is 26.8 Å². The first-order chi connectivity index (χ1) is 8.19.